The molecule has 3 rings (SSSR count). The van der Waals surface area contributed by atoms with E-state index < -0.39 is 0 Å². The van der Waals surface area contributed by atoms with Gasteiger partial charge in [-0.05, 0) is 31.9 Å². The van der Waals surface area contributed by atoms with E-state index in [1.54, 1.807) is 23.1 Å². The van der Waals surface area contributed by atoms with E-state index in [1.165, 1.54) is 17.5 Å². The number of carbonyl (C=O) groups is 1. The highest BCUT2D eigenvalue weighted by atomic mass is 32.2. The molecule has 1 heterocycles. The lowest BCUT2D eigenvalue weighted by atomic mass is 10.2. The summed E-state index contributed by atoms with van der Waals surface area (Å²) in [6, 6.07) is 8.48. The lowest BCUT2D eigenvalue weighted by Crippen LogP contribution is -2.37. The number of nitrogens with one attached hydrogen (secondary N) is 1. The topological polar surface area (TPSA) is 42.0 Å². The summed E-state index contributed by atoms with van der Waals surface area (Å²) in [5.74, 6) is 0.140. The number of nitrogens with zero attached hydrogens (tertiary/aromatic N) is 1. The number of aromatic nitrogens is 1. The van der Waals surface area contributed by atoms with Crippen LogP contribution in [0.2, 0.25) is 0 Å². The summed E-state index contributed by atoms with van der Waals surface area (Å²) < 4.78 is 2.15. The molecule has 5 heteroatoms. The van der Waals surface area contributed by atoms with E-state index in [2.05, 4.69) is 16.4 Å². The van der Waals surface area contributed by atoms with Gasteiger partial charge in [-0.25, -0.2) is 4.98 Å². The van der Waals surface area contributed by atoms with Crippen molar-refractivity contribution < 1.29 is 4.79 Å². The number of hydrogen-bond acceptors (Lipinski definition) is 4. The fourth-order valence-corrected chi connectivity index (χ4v) is 4.72. The maximum Gasteiger partial charge on any atom is 0.233 e. The van der Waals surface area contributed by atoms with E-state index in [0.29, 0.717) is 6.04 Å². The first-order chi connectivity index (χ1) is 9.72. The maximum atomic E-state index is 12.2. The van der Waals surface area contributed by atoms with E-state index >= 15 is 0 Å². The van der Waals surface area contributed by atoms with Gasteiger partial charge in [0.25, 0.3) is 0 Å². The Hall–Kier alpha value is -1.07. The summed E-state index contributed by atoms with van der Waals surface area (Å²) >= 11 is 3.21. The number of carbonyl (C=O) groups excluding carboxylic acids is 1. The molecule has 0 spiro atoms. The number of rotatable bonds is 4. The number of thioether (sulfide) groups is 1. The summed E-state index contributed by atoms with van der Waals surface area (Å²) in [7, 11) is 0. The summed E-state index contributed by atoms with van der Waals surface area (Å²) in [4.78, 5) is 16.7. The molecule has 1 atom stereocenters. The first-order valence-corrected chi connectivity index (χ1v) is 8.74. The molecular formula is C15H18N2OS2. The Morgan fingerprint density at radius 2 is 2.15 bits per heavy atom. The van der Waals surface area contributed by atoms with Crippen molar-refractivity contribution >= 4 is 39.2 Å². The second kappa shape index (κ2) is 6.14. The van der Waals surface area contributed by atoms with Gasteiger partial charge >= 0.3 is 0 Å². The second-order valence-corrected chi connectivity index (χ2v) is 7.82. The summed E-state index contributed by atoms with van der Waals surface area (Å²) in [5, 5.41) is 3.06. The zero-order chi connectivity index (χ0) is 13.9. The largest absolute Gasteiger partial charge is 0.352 e. The fourth-order valence-electron chi connectivity index (χ4n) is 2.49. The molecule has 1 N–H and O–H groups in total. The highest BCUT2D eigenvalue weighted by molar-refractivity contribution is 8.02. The van der Waals surface area contributed by atoms with Crippen molar-refractivity contribution in [3.63, 3.8) is 0 Å². The van der Waals surface area contributed by atoms with E-state index in [1.807, 2.05) is 25.1 Å². The van der Waals surface area contributed by atoms with Crippen LogP contribution in [0, 0.1) is 0 Å². The van der Waals surface area contributed by atoms with Gasteiger partial charge in [-0.1, -0.05) is 36.7 Å². The first kappa shape index (κ1) is 13.9. The predicted molar refractivity (Wildman–Crippen MR) is 85.3 cm³/mol. The van der Waals surface area contributed by atoms with E-state index in [0.717, 1.165) is 22.7 Å². The van der Waals surface area contributed by atoms with Gasteiger partial charge in [0.2, 0.25) is 5.91 Å². The molecule has 1 saturated carbocycles. The van der Waals surface area contributed by atoms with Crippen LogP contribution in [-0.4, -0.2) is 22.2 Å². The number of thiazole rings is 1. The Labute approximate surface area is 127 Å². The van der Waals surface area contributed by atoms with Gasteiger partial charge in [-0.2, -0.15) is 0 Å². The predicted octanol–water partition coefficient (Wildman–Crippen LogP) is 3.84. The van der Waals surface area contributed by atoms with E-state index in [9.17, 15) is 4.79 Å². The van der Waals surface area contributed by atoms with Crippen LogP contribution in [0.3, 0.4) is 0 Å². The molecule has 1 aromatic heterocycles. The molecule has 0 unspecified atom stereocenters. The fraction of sp³-hybridized carbons (Fsp3) is 0.467. The van der Waals surface area contributed by atoms with Gasteiger partial charge < -0.3 is 5.32 Å². The molecule has 1 aliphatic rings. The third-order valence-electron chi connectivity index (χ3n) is 3.62. The minimum atomic E-state index is -0.0869. The monoisotopic (exact) mass is 306 g/mol. The Bertz CT molecular complexity index is 572. The molecule has 1 aromatic carbocycles. The Kier molecular flexibility index (Phi) is 4.27. The summed E-state index contributed by atoms with van der Waals surface area (Å²) in [6.07, 6.45) is 4.74. The van der Waals surface area contributed by atoms with Gasteiger partial charge in [-0.3, -0.25) is 4.79 Å². The zero-order valence-electron chi connectivity index (χ0n) is 11.5. The third-order valence-corrected chi connectivity index (χ3v) is 5.85. The van der Waals surface area contributed by atoms with Gasteiger partial charge in [0, 0.05) is 6.04 Å². The maximum absolute atomic E-state index is 12.2. The van der Waals surface area contributed by atoms with Crippen LogP contribution in [0.5, 0.6) is 0 Å². The third kappa shape index (κ3) is 3.15. The first-order valence-electron chi connectivity index (χ1n) is 7.05. The molecule has 0 aliphatic heterocycles. The number of benzene rings is 1. The van der Waals surface area contributed by atoms with E-state index in [-0.39, 0.29) is 11.2 Å². The molecule has 1 amide bonds. The lowest BCUT2D eigenvalue weighted by molar-refractivity contribution is -0.120. The van der Waals surface area contributed by atoms with Crippen LogP contribution in [-0.2, 0) is 4.79 Å². The van der Waals surface area contributed by atoms with Crippen LogP contribution < -0.4 is 5.32 Å². The molecule has 2 aromatic rings. The number of hydrogen-bond donors (Lipinski definition) is 1. The second-order valence-electron chi connectivity index (χ2n) is 5.20. The highest BCUT2D eigenvalue weighted by Crippen LogP contribution is 2.32. The minimum Gasteiger partial charge on any atom is -0.352 e. The van der Waals surface area contributed by atoms with Crippen LogP contribution in [0.4, 0.5) is 0 Å². The Morgan fingerprint density at radius 3 is 2.90 bits per heavy atom. The molecule has 0 saturated heterocycles. The van der Waals surface area contributed by atoms with Gasteiger partial charge in [0.1, 0.15) is 0 Å². The minimum absolute atomic E-state index is 0.0869. The van der Waals surface area contributed by atoms with E-state index in [4.69, 9.17) is 0 Å². The van der Waals surface area contributed by atoms with Crippen molar-refractivity contribution in [2.45, 2.75) is 48.2 Å². The summed E-state index contributed by atoms with van der Waals surface area (Å²) in [6.45, 7) is 1.96. The smallest absolute Gasteiger partial charge is 0.233 e. The molecule has 1 fully saturated rings. The van der Waals surface area contributed by atoms with Crippen molar-refractivity contribution in [2.75, 3.05) is 0 Å². The van der Waals surface area contributed by atoms with Crippen LogP contribution >= 0.6 is 23.1 Å². The molecular weight excluding hydrogens is 288 g/mol. The van der Waals surface area contributed by atoms with Gasteiger partial charge in [-0.15, -0.1) is 11.3 Å². The standard InChI is InChI=1S/C15H18N2OS2/c1-10(14(18)16-11-6-2-3-7-11)19-15-17-12-8-4-5-9-13(12)20-15/h4-5,8-11H,2-3,6-7H2,1H3,(H,16,18)/t10-/m1/s1. The van der Waals surface area contributed by atoms with Gasteiger partial charge in [0.05, 0.1) is 15.5 Å². The molecule has 0 bridgehead atoms. The Morgan fingerprint density at radius 1 is 1.40 bits per heavy atom. The molecule has 1 aliphatic carbocycles. The molecule has 20 heavy (non-hydrogen) atoms. The van der Waals surface area contributed by atoms with Crippen molar-refractivity contribution in [1.82, 2.24) is 10.3 Å². The molecule has 106 valence electrons. The Balaban J connectivity index is 1.62. The van der Waals surface area contributed by atoms with Crippen molar-refractivity contribution in [2.24, 2.45) is 0 Å². The van der Waals surface area contributed by atoms with Crippen LogP contribution in [0.15, 0.2) is 28.6 Å². The van der Waals surface area contributed by atoms with Gasteiger partial charge in [0.15, 0.2) is 4.34 Å². The van der Waals surface area contributed by atoms with Crippen molar-refractivity contribution in [1.29, 1.82) is 0 Å². The lowest BCUT2D eigenvalue weighted by Gasteiger charge is -2.15. The molecule has 0 radical (unpaired) electrons. The quantitative estimate of drug-likeness (QED) is 0.873. The number of amides is 1. The average molecular weight is 306 g/mol. The van der Waals surface area contributed by atoms with Crippen molar-refractivity contribution in [3.05, 3.63) is 24.3 Å². The number of para-hydroxylation sites is 1. The van der Waals surface area contributed by atoms with Crippen LogP contribution in [0.1, 0.15) is 32.6 Å². The zero-order valence-corrected chi connectivity index (χ0v) is 13.1. The SMILES string of the molecule is C[C@@H](Sc1nc2ccccc2s1)C(=O)NC1CCCC1. The summed E-state index contributed by atoms with van der Waals surface area (Å²) in [5.41, 5.74) is 1.02. The molecule has 3 nitrogen and oxygen atoms in total. The highest BCUT2D eigenvalue weighted by Gasteiger charge is 2.22. The normalized spacial score (nSPS) is 17.4. The van der Waals surface area contributed by atoms with Crippen LogP contribution in [0.25, 0.3) is 10.2 Å². The average Bonchev–Trinajstić information content (AvgIpc) is 3.06. The van der Waals surface area contributed by atoms with Crippen molar-refractivity contribution in [3.8, 4) is 0 Å². The number of fused-ring (bicyclic) bond motifs is 1.